The number of rotatable bonds is 8. The van der Waals surface area contributed by atoms with Crippen molar-refractivity contribution >= 4 is 48.9 Å². The van der Waals surface area contributed by atoms with Crippen LogP contribution in [0.4, 0.5) is 11.4 Å². The SMILES string of the molecule is C#Cc1cc([N+](=O)[O-])cc(S(=O)(=O)N2CCc3c(Cl)cccc3C2)c1N(CCC)CCBr. The molecule has 0 radical (unpaired) electrons. The Morgan fingerprint density at radius 1 is 1.34 bits per heavy atom. The molecule has 3 rings (SSSR count). The minimum Gasteiger partial charge on any atom is -0.369 e. The lowest BCUT2D eigenvalue weighted by molar-refractivity contribution is -0.385. The summed E-state index contributed by atoms with van der Waals surface area (Å²) in [6, 6.07) is 7.79. The maximum Gasteiger partial charge on any atom is 0.272 e. The monoisotopic (exact) mass is 539 g/mol. The fraction of sp³-hybridized carbons (Fsp3) is 0.364. The first-order valence-corrected chi connectivity index (χ1v) is 13.0. The molecule has 7 nitrogen and oxygen atoms in total. The average Bonchev–Trinajstić information content (AvgIpc) is 2.77. The molecular weight excluding hydrogens is 518 g/mol. The highest BCUT2D eigenvalue weighted by molar-refractivity contribution is 9.09. The van der Waals surface area contributed by atoms with Gasteiger partial charge in [-0.15, -0.1) is 6.42 Å². The average molecular weight is 541 g/mol. The molecule has 1 heterocycles. The van der Waals surface area contributed by atoms with Crippen LogP contribution in [0.25, 0.3) is 0 Å². The second kappa shape index (κ2) is 10.2. The summed E-state index contributed by atoms with van der Waals surface area (Å²) in [4.78, 5) is 12.7. The molecule has 2 aromatic carbocycles. The molecule has 0 atom stereocenters. The van der Waals surface area contributed by atoms with Crippen molar-refractivity contribution in [2.24, 2.45) is 0 Å². The fourth-order valence-electron chi connectivity index (χ4n) is 3.92. The standard InChI is InChI=1S/C22H23BrClN3O4S/c1-3-10-25(12-9-23)22-16(4-2)13-18(27(28)29)14-21(22)32(30,31)26-11-8-19-17(15-26)6-5-7-20(19)24/h2,5-7,13-14H,3,8-12,15H2,1H3. The van der Waals surface area contributed by atoms with Crippen molar-refractivity contribution in [3.63, 3.8) is 0 Å². The van der Waals surface area contributed by atoms with Gasteiger partial charge in [-0.05, 0) is 30.0 Å². The molecule has 0 N–H and O–H groups in total. The van der Waals surface area contributed by atoms with E-state index in [1.54, 1.807) is 12.1 Å². The molecule has 0 fully saturated rings. The number of nitro groups is 1. The number of alkyl halides is 1. The van der Waals surface area contributed by atoms with Gasteiger partial charge in [-0.2, -0.15) is 4.31 Å². The molecule has 0 aliphatic carbocycles. The highest BCUT2D eigenvalue weighted by Crippen LogP contribution is 2.37. The number of nitrogens with zero attached hydrogens (tertiary/aromatic N) is 3. The van der Waals surface area contributed by atoms with Gasteiger partial charge in [0.1, 0.15) is 4.90 Å². The van der Waals surface area contributed by atoms with Crippen molar-refractivity contribution in [2.45, 2.75) is 31.2 Å². The summed E-state index contributed by atoms with van der Waals surface area (Å²) in [7, 11) is -4.09. The number of terminal acetylenes is 1. The Balaban J connectivity index is 2.19. The highest BCUT2D eigenvalue weighted by Gasteiger charge is 2.34. The van der Waals surface area contributed by atoms with Gasteiger partial charge in [-0.3, -0.25) is 10.1 Å². The van der Waals surface area contributed by atoms with E-state index in [2.05, 4.69) is 21.9 Å². The summed E-state index contributed by atoms with van der Waals surface area (Å²) in [6.07, 6.45) is 6.90. The zero-order valence-electron chi connectivity index (χ0n) is 17.6. The first kappa shape index (κ1) is 24.5. The fourth-order valence-corrected chi connectivity index (χ4v) is 6.31. The zero-order chi connectivity index (χ0) is 23.5. The van der Waals surface area contributed by atoms with E-state index >= 15 is 0 Å². The van der Waals surface area contributed by atoms with Gasteiger partial charge >= 0.3 is 0 Å². The third kappa shape index (κ3) is 4.79. The van der Waals surface area contributed by atoms with Gasteiger partial charge in [0.25, 0.3) is 5.69 Å². The molecule has 170 valence electrons. The molecule has 0 unspecified atom stereocenters. The van der Waals surface area contributed by atoms with E-state index in [0.717, 1.165) is 23.6 Å². The topological polar surface area (TPSA) is 83.8 Å². The molecule has 0 aromatic heterocycles. The van der Waals surface area contributed by atoms with Gasteiger partial charge in [-0.25, -0.2) is 8.42 Å². The van der Waals surface area contributed by atoms with Crippen LogP contribution in [0.3, 0.4) is 0 Å². The molecule has 0 spiro atoms. The van der Waals surface area contributed by atoms with E-state index in [1.807, 2.05) is 17.9 Å². The smallest absolute Gasteiger partial charge is 0.272 e. The van der Waals surface area contributed by atoms with Gasteiger partial charge in [0.05, 0.1) is 16.2 Å². The second-order valence-corrected chi connectivity index (χ2v) is 10.5. The molecular formula is C22H23BrClN3O4S. The van der Waals surface area contributed by atoms with Gasteiger partial charge in [-0.1, -0.05) is 52.5 Å². The van der Waals surface area contributed by atoms with Crippen LogP contribution in [0.2, 0.25) is 5.02 Å². The summed E-state index contributed by atoms with van der Waals surface area (Å²) in [5.41, 5.74) is 1.92. The van der Waals surface area contributed by atoms with E-state index < -0.39 is 14.9 Å². The van der Waals surface area contributed by atoms with Crippen LogP contribution < -0.4 is 4.90 Å². The van der Waals surface area contributed by atoms with Crippen molar-refractivity contribution in [3.8, 4) is 12.3 Å². The Kier molecular flexibility index (Phi) is 7.83. The number of benzene rings is 2. The zero-order valence-corrected chi connectivity index (χ0v) is 20.7. The third-order valence-electron chi connectivity index (χ3n) is 5.38. The largest absolute Gasteiger partial charge is 0.369 e. The van der Waals surface area contributed by atoms with E-state index in [1.165, 1.54) is 10.4 Å². The Morgan fingerprint density at radius 2 is 2.09 bits per heavy atom. The van der Waals surface area contributed by atoms with Crippen LogP contribution in [-0.4, -0.2) is 42.6 Å². The normalized spacial score (nSPS) is 13.9. The van der Waals surface area contributed by atoms with Gasteiger partial charge < -0.3 is 4.90 Å². The summed E-state index contributed by atoms with van der Waals surface area (Å²) < 4.78 is 29.0. The number of nitro benzene ring substituents is 1. The van der Waals surface area contributed by atoms with Crippen LogP contribution >= 0.6 is 27.5 Å². The molecule has 10 heteroatoms. The molecule has 0 saturated heterocycles. The third-order valence-corrected chi connectivity index (χ3v) is 7.95. The molecule has 1 aliphatic rings. The first-order valence-electron chi connectivity index (χ1n) is 10.1. The number of hydrogen-bond acceptors (Lipinski definition) is 5. The number of halogens is 2. The van der Waals surface area contributed by atoms with Gasteiger partial charge in [0, 0.05) is 48.7 Å². The van der Waals surface area contributed by atoms with E-state index in [0.29, 0.717) is 35.6 Å². The summed E-state index contributed by atoms with van der Waals surface area (Å²) >= 11 is 9.68. The number of hydrogen-bond donors (Lipinski definition) is 0. The first-order chi connectivity index (χ1) is 15.2. The van der Waals surface area contributed by atoms with Crippen molar-refractivity contribution < 1.29 is 13.3 Å². The lowest BCUT2D eigenvalue weighted by atomic mass is 10.0. The van der Waals surface area contributed by atoms with Gasteiger partial charge in [0.2, 0.25) is 10.0 Å². The molecule has 32 heavy (non-hydrogen) atoms. The summed E-state index contributed by atoms with van der Waals surface area (Å²) in [5.74, 6) is 2.46. The Morgan fingerprint density at radius 3 is 2.72 bits per heavy atom. The van der Waals surface area contributed by atoms with E-state index in [-0.39, 0.29) is 29.2 Å². The number of anilines is 1. The van der Waals surface area contributed by atoms with Crippen LogP contribution in [-0.2, 0) is 23.0 Å². The molecule has 0 saturated carbocycles. The molecule has 0 amide bonds. The van der Waals surface area contributed by atoms with E-state index in [9.17, 15) is 18.5 Å². The van der Waals surface area contributed by atoms with Crippen molar-refractivity contribution in [2.75, 3.05) is 29.9 Å². The minimum atomic E-state index is -4.09. The number of non-ortho nitro benzene ring substituents is 1. The van der Waals surface area contributed by atoms with Crippen LogP contribution in [0, 0.1) is 22.5 Å². The lowest BCUT2D eigenvalue weighted by Crippen LogP contribution is -2.37. The molecule has 0 bridgehead atoms. The number of fused-ring (bicyclic) bond motifs is 1. The minimum absolute atomic E-state index is 0.137. The maximum atomic E-state index is 13.8. The van der Waals surface area contributed by atoms with Crippen LogP contribution in [0.15, 0.2) is 35.2 Å². The Hall–Kier alpha value is -2.12. The Labute approximate surface area is 201 Å². The van der Waals surface area contributed by atoms with Crippen molar-refractivity contribution in [1.29, 1.82) is 0 Å². The van der Waals surface area contributed by atoms with Gasteiger partial charge in [0.15, 0.2) is 0 Å². The van der Waals surface area contributed by atoms with E-state index in [4.69, 9.17) is 18.0 Å². The molecule has 1 aliphatic heterocycles. The Bertz CT molecular complexity index is 1170. The van der Waals surface area contributed by atoms with Crippen LogP contribution in [0.1, 0.15) is 30.0 Å². The van der Waals surface area contributed by atoms with Crippen molar-refractivity contribution in [1.82, 2.24) is 4.31 Å². The van der Waals surface area contributed by atoms with Crippen molar-refractivity contribution in [3.05, 3.63) is 62.2 Å². The lowest BCUT2D eigenvalue weighted by Gasteiger charge is -2.32. The predicted molar refractivity (Wildman–Crippen MR) is 130 cm³/mol. The highest BCUT2D eigenvalue weighted by atomic mass is 79.9. The quantitative estimate of drug-likeness (QED) is 0.212. The molecule has 2 aromatic rings. The number of sulfonamides is 1. The second-order valence-electron chi connectivity index (χ2n) is 7.38. The summed E-state index contributed by atoms with van der Waals surface area (Å²) in [5, 5.41) is 12.7. The van der Waals surface area contributed by atoms with Crippen LogP contribution in [0.5, 0.6) is 0 Å². The predicted octanol–water partition coefficient (Wildman–Crippen LogP) is 4.59. The summed E-state index contributed by atoms with van der Waals surface area (Å²) in [6.45, 7) is 3.39. The maximum absolute atomic E-state index is 13.8.